The summed E-state index contributed by atoms with van der Waals surface area (Å²) in [5.74, 6) is 0.951. The summed E-state index contributed by atoms with van der Waals surface area (Å²) in [5, 5.41) is 0. The molecule has 1 fully saturated rings. The summed E-state index contributed by atoms with van der Waals surface area (Å²) in [6.45, 7) is 4.26. The first kappa shape index (κ1) is 13.0. The van der Waals surface area contributed by atoms with Crippen molar-refractivity contribution in [3.05, 3.63) is 0 Å². The predicted molar refractivity (Wildman–Crippen MR) is 67.0 cm³/mol. The van der Waals surface area contributed by atoms with Crippen LogP contribution in [0.25, 0.3) is 0 Å². The molecule has 1 atom stereocenters. The van der Waals surface area contributed by atoms with Crippen molar-refractivity contribution in [3.63, 3.8) is 0 Å². The molecule has 0 bridgehead atoms. The fourth-order valence-corrected chi connectivity index (χ4v) is 2.80. The molecule has 0 aromatic carbocycles. The first-order valence-electron chi connectivity index (χ1n) is 6.68. The van der Waals surface area contributed by atoms with Crippen LogP contribution >= 0.6 is 0 Å². The normalized spacial score (nSPS) is 20.8. The van der Waals surface area contributed by atoms with E-state index in [4.69, 9.17) is 5.73 Å². The maximum Gasteiger partial charge on any atom is 0.0218 e. The van der Waals surface area contributed by atoms with Gasteiger partial charge in [0, 0.05) is 12.6 Å². The lowest BCUT2D eigenvalue weighted by Crippen LogP contribution is -2.40. The largest absolute Gasteiger partial charge is 0.329 e. The highest BCUT2D eigenvalue weighted by atomic mass is 15.1. The van der Waals surface area contributed by atoms with Gasteiger partial charge in [-0.15, -0.1) is 0 Å². The Morgan fingerprint density at radius 1 is 1.27 bits per heavy atom. The molecule has 0 amide bonds. The molecule has 0 aliphatic heterocycles. The Hall–Kier alpha value is -0.0800. The van der Waals surface area contributed by atoms with Gasteiger partial charge in [-0.3, -0.25) is 0 Å². The summed E-state index contributed by atoms with van der Waals surface area (Å²) in [6.07, 6.45) is 9.78. The van der Waals surface area contributed by atoms with Crippen molar-refractivity contribution >= 4 is 0 Å². The van der Waals surface area contributed by atoms with Gasteiger partial charge in [0.25, 0.3) is 0 Å². The van der Waals surface area contributed by atoms with Gasteiger partial charge in [0.15, 0.2) is 0 Å². The third-order valence-electron chi connectivity index (χ3n) is 3.80. The van der Waals surface area contributed by atoms with E-state index in [1.54, 1.807) is 0 Å². The lowest BCUT2D eigenvalue weighted by molar-refractivity contribution is 0.191. The van der Waals surface area contributed by atoms with E-state index in [0.717, 1.165) is 12.5 Å². The minimum absolute atomic E-state index is 0.619. The summed E-state index contributed by atoms with van der Waals surface area (Å²) >= 11 is 0. The lowest BCUT2D eigenvalue weighted by atomic mass is 9.84. The maximum atomic E-state index is 5.88. The van der Waals surface area contributed by atoms with Crippen LogP contribution in [0.4, 0.5) is 0 Å². The van der Waals surface area contributed by atoms with Crippen LogP contribution in [0.15, 0.2) is 0 Å². The number of nitrogens with two attached hydrogens (primary N) is 1. The van der Waals surface area contributed by atoms with E-state index in [2.05, 4.69) is 18.9 Å². The standard InChI is InChI=1S/C13H28N2/c1-3-9-15(2)13(11-14)10-12-7-5-4-6-8-12/h12-13H,3-11,14H2,1-2H3. The van der Waals surface area contributed by atoms with Crippen LogP contribution in [0.1, 0.15) is 51.9 Å². The zero-order valence-corrected chi connectivity index (χ0v) is 10.5. The van der Waals surface area contributed by atoms with Crippen LogP contribution in [-0.4, -0.2) is 31.1 Å². The summed E-state index contributed by atoms with van der Waals surface area (Å²) in [6, 6.07) is 0.619. The second-order valence-corrected chi connectivity index (χ2v) is 5.11. The van der Waals surface area contributed by atoms with Crippen molar-refractivity contribution in [2.45, 2.75) is 57.9 Å². The number of likely N-dealkylation sites (N-methyl/N-ethyl adjacent to an activating group) is 1. The van der Waals surface area contributed by atoms with Crippen LogP contribution in [-0.2, 0) is 0 Å². The molecule has 1 aliphatic rings. The molecule has 1 saturated carbocycles. The fraction of sp³-hybridized carbons (Fsp3) is 1.00. The highest BCUT2D eigenvalue weighted by molar-refractivity contribution is 4.76. The van der Waals surface area contributed by atoms with Gasteiger partial charge in [0.2, 0.25) is 0 Å². The van der Waals surface area contributed by atoms with E-state index in [9.17, 15) is 0 Å². The van der Waals surface area contributed by atoms with Gasteiger partial charge in [-0.25, -0.2) is 0 Å². The van der Waals surface area contributed by atoms with Crippen molar-refractivity contribution in [1.82, 2.24) is 4.90 Å². The van der Waals surface area contributed by atoms with Gasteiger partial charge in [-0.1, -0.05) is 39.0 Å². The second kappa shape index (κ2) is 7.24. The lowest BCUT2D eigenvalue weighted by Gasteiger charge is -2.31. The molecule has 0 radical (unpaired) electrons. The van der Waals surface area contributed by atoms with Crippen molar-refractivity contribution in [1.29, 1.82) is 0 Å². The van der Waals surface area contributed by atoms with Crippen molar-refractivity contribution in [3.8, 4) is 0 Å². The third-order valence-corrected chi connectivity index (χ3v) is 3.80. The molecule has 2 N–H and O–H groups in total. The Labute approximate surface area is 95.2 Å². The summed E-state index contributed by atoms with van der Waals surface area (Å²) in [4.78, 5) is 2.45. The molecular weight excluding hydrogens is 184 g/mol. The van der Waals surface area contributed by atoms with E-state index in [1.165, 1.54) is 51.5 Å². The van der Waals surface area contributed by atoms with E-state index in [0.29, 0.717) is 6.04 Å². The molecule has 0 heterocycles. The van der Waals surface area contributed by atoms with E-state index in [1.807, 2.05) is 0 Å². The SMILES string of the molecule is CCCN(C)C(CN)CC1CCCCC1. The first-order valence-corrected chi connectivity index (χ1v) is 6.68. The smallest absolute Gasteiger partial charge is 0.0218 e. The fourth-order valence-electron chi connectivity index (χ4n) is 2.80. The van der Waals surface area contributed by atoms with E-state index in [-0.39, 0.29) is 0 Å². The van der Waals surface area contributed by atoms with Crippen LogP contribution in [0.5, 0.6) is 0 Å². The molecule has 1 rings (SSSR count). The Morgan fingerprint density at radius 3 is 2.47 bits per heavy atom. The van der Waals surface area contributed by atoms with E-state index < -0.39 is 0 Å². The Kier molecular flexibility index (Phi) is 6.26. The molecule has 0 saturated heterocycles. The number of hydrogen-bond donors (Lipinski definition) is 1. The topological polar surface area (TPSA) is 29.3 Å². The van der Waals surface area contributed by atoms with Crippen molar-refractivity contribution < 1.29 is 0 Å². The maximum absolute atomic E-state index is 5.88. The van der Waals surface area contributed by atoms with Gasteiger partial charge in [0.05, 0.1) is 0 Å². The molecule has 90 valence electrons. The first-order chi connectivity index (χ1) is 7.27. The highest BCUT2D eigenvalue weighted by Gasteiger charge is 2.20. The predicted octanol–water partition coefficient (Wildman–Crippen LogP) is 2.63. The Bertz CT molecular complexity index is 153. The van der Waals surface area contributed by atoms with Gasteiger partial charge in [-0.05, 0) is 32.4 Å². The Morgan fingerprint density at radius 2 is 1.93 bits per heavy atom. The van der Waals surface area contributed by atoms with Crippen LogP contribution in [0.3, 0.4) is 0 Å². The van der Waals surface area contributed by atoms with Crippen molar-refractivity contribution in [2.24, 2.45) is 11.7 Å². The monoisotopic (exact) mass is 212 g/mol. The zero-order chi connectivity index (χ0) is 11.1. The minimum Gasteiger partial charge on any atom is -0.329 e. The highest BCUT2D eigenvalue weighted by Crippen LogP contribution is 2.28. The molecule has 1 aliphatic carbocycles. The minimum atomic E-state index is 0.619. The third kappa shape index (κ3) is 4.52. The van der Waals surface area contributed by atoms with Gasteiger partial charge in [0.1, 0.15) is 0 Å². The average Bonchev–Trinajstić information content (AvgIpc) is 2.27. The van der Waals surface area contributed by atoms with Gasteiger partial charge >= 0.3 is 0 Å². The van der Waals surface area contributed by atoms with Crippen molar-refractivity contribution in [2.75, 3.05) is 20.1 Å². The summed E-state index contributed by atoms with van der Waals surface area (Å²) in [7, 11) is 2.23. The molecule has 2 nitrogen and oxygen atoms in total. The summed E-state index contributed by atoms with van der Waals surface area (Å²) in [5.41, 5.74) is 5.88. The van der Waals surface area contributed by atoms with Gasteiger partial charge in [-0.2, -0.15) is 0 Å². The zero-order valence-electron chi connectivity index (χ0n) is 10.5. The molecule has 0 spiro atoms. The quantitative estimate of drug-likeness (QED) is 0.733. The molecule has 2 heteroatoms. The summed E-state index contributed by atoms with van der Waals surface area (Å²) < 4.78 is 0. The van der Waals surface area contributed by atoms with Crippen LogP contribution in [0, 0.1) is 5.92 Å². The molecule has 0 aromatic heterocycles. The van der Waals surface area contributed by atoms with E-state index >= 15 is 0 Å². The van der Waals surface area contributed by atoms with Gasteiger partial charge < -0.3 is 10.6 Å². The molecule has 0 aromatic rings. The average molecular weight is 212 g/mol. The number of nitrogens with zero attached hydrogens (tertiary/aromatic N) is 1. The number of rotatable bonds is 6. The number of hydrogen-bond acceptors (Lipinski definition) is 2. The second-order valence-electron chi connectivity index (χ2n) is 5.11. The molecule has 1 unspecified atom stereocenters. The van der Waals surface area contributed by atoms with Crippen LogP contribution < -0.4 is 5.73 Å². The molecular formula is C13H28N2. The van der Waals surface area contributed by atoms with Crippen LogP contribution in [0.2, 0.25) is 0 Å². The molecule has 15 heavy (non-hydrogen) atoms. The Balaban J connectivity index is 2.30.